The van der Waals surface area contributed by atoms with Gasteiger partial charge in [0.25, 0.3) is 0 Å². The van der Waals surface area contributed by atoms with Crippen molar-refractivity contribution in [3.63, 3.8) is 0 Å². The first-order valence-electron chi connectivity index (χ1n) is 8.22. The standard InChI is InChI=1S/C21H19ClO5/c1-14(2)19(23)26-13-17(22)20(24)27-21(25)18(15-9-5-3-6-10-15)16-11-7-4-8-12-16/h3-12,17-18H,1,13H2,2H3. The van der Waals surface area contributed by atoms with Crippen molar-refractivity contribution in [2.45, 2.75) is 18.2 Å². The summed E-state index contributed by atoms with van der Waals surface area (Å²) in [7, 11) is 0. The van der Waals surface area contributed by atoms with Gasteiger partial charge < -0.3 is 9.47 Å². The molecule has 2 rings (SSSR count). The van der Waals surface area contributed by atoms with Gasteiger partial charge in [0.1, 0.15) is 12.5 Å². The number of rotatable bonds is 7. The molecule has 0 saturated heterocycles. The Morgan fingerprint density at radius 2 is 1.41 bits per heavy atom. The molecule has 6 heteroatoms. The van der Waals surface area contributed by atoms with Gasteiger partial charge in [-0.05, 0) is 18.1 Å². The summed E-state index contributed by atoms with van der Waals surface area (Å²) in [6.45, 7) is 4.48. The number of ether oxygens (including phenoxy) is 2. The van der Waals surface area contributed by atoms with Crippen LogP contribution in [0.5, 0.6) is 0 Å². The maximum absolute atomic E-state index is 12.7. The number of esters is 3. The van der Waals surface area contributed by atoms with Gasteiger partial charge in [0.15, 0.2) is 5.38 Å². The molecular formula is C21H19ClO5. The number of hydrogen-bond acceptors (Lipinski definition) is 5. The van der Waals surface area contributed by atoms with Gasteiger partial charge in [0.2, 0.25) is 0 Å². The summed E-state index contributed by atoms with van der Waals surface area (Å²) < 4.78 is 9.77. The van der Waals surface area contributed by atoms with Crippen LogP contribution in [0.25, 0.3) is 0 Å². The maximum Gasteiger partial charge on any atom is 0.335 e. The second kappa shape index (κ2) is 9.69. The third kappa shape index (κ3) is 5.79. The smallest absolute Gasteiger partial charge is 0.335 e. The van der Waals surface area contributed by atoms with E-state index in [1.807, 2.05) is 12.1 Å². The molecular weight excluding hydrogens is 368 g/mol. The third-order valence-corrected chi connectivity index (χ3v) is 3.97. The van der Waals surface area contributed by atoms with Crippen LogP contribution in [-0.2, 0) is 23.9 Å². The molecule has 0 saturated carbocycles. The Hall–Kier alpha value is -2.92. The normalized spacial score (nSPS) is 11.5. The summed E-state index contributed by atoms with van der Waals surface area (Å²) in [4.78, 5) is 36.2. The van der Waals surface area contributed by atoms with Gasteiger partial charge >= 0.3 is 17.9 Å². The Morgan fingerprint density at radius 1 is 0.926 bits per heavy atom. The second-order valence-electron chi connectivity index (χ2n) is 5.84. The third-order valence-electron chi connectivity index (χ3n) is 3.67. The first-order valence-corrected chi connectivity index (χ1v) is 8.66. The van der Waals surface area contributed by atoms with Crippen molar-refractivity contribution in [1.82, 2.24) is 0 Å². The molecule has 0 fully saturated rings. The molecule has 0 radical (unpaired) electrons. The van der Waals surface area contributed by atoms with Crippen LogP contribution in [-0.4, -0.2) is 29.9 Å². The molecule has 5 nitrogen and oxygen atoms in total. The molecule has 0 heterocycles. The van der Waals surface area contributed by atoms with Gasteiger partial charge in [0.05, 0.1) is 0 Å². The highest BCUT2D eigenvalue weighted by atomic mass is 35.5. The fourth-order valence-electron chi connectivity index (χ4n) is 2.32. The van der Waals surface area contributed by atoms with Gasteiger partial charge in [0, 0.05) is 5.57 Å². The summed E-state index contributed by atoms with van der Waals surface area (Å²) in [5.74, 6) is -3.19. The van der Waals surface area contributed by atoms with Crippen molar-refractivity contribution in [2.75, 3.05) is 6.61 Å². The monoisotopic (exact) mass is 386 g/mol. The molecule has 1 unspecified atom stereocenters. The van der Waals surface area contributed by atoms with Crippen LogP contribution in [0, 0.1) is 0 Å². The molecule has 0 aromatic heterocycles. The number of hydrogen-bond donors (Lipinski definition) is 0. The Kier molecular flexibility index (Phi) is 7.32. The highest BCUT2D eigenvalue weighted by Gasteiger charge is 2.29. The van der Waals surface area contributed by atoms with E-state index in [0.717, 1.165) is 0 Å². The second-order valence-corrected chi connectivity index (χ2v) is 6.37. The maximum atomic E-state index is 12.7. The average molecular weight is 387 g/mol. The Bertz CT molecular complexity index is 777. The highest BCUT2D eigenvalue weighted by Crippen LogP contribution is 2.26. The van der Waals surface area contributed by atoms with Gasteiger partial charge in [-0.25, -0.2) is 9.59 Å². The molecule has 1 atom stereocenters. The topological polar surface area (TPSA) is 69.7 Å². The highest BCUT2D eigenvalue weighted by molar-refractivity contribution is 6.30. The quantitative estimate of drug-likeness (QED) is 0.314. The van der Waals surface area contributed by atoms with Crippen LogP contribution in [0.2, 0.25) is 0 Å². The zero-order chi connectivity index (χ0) is 19.8. The summed E-state index contributed by atoms with van der Waals surface area (Å²) in [5.41, 5.74) is 1.54. The van der Waals surface area contributed by atoms with Crippen LogP contribution in [0.4, 0.5) is 0 Å². The molecule has 0 spiro atoms. The van der Waals surface area contributed by atoms with Crippen molar-refractivity contribution in [1.29, 1.82) is 0 Å². The number of carbonyl (C=O) groups is 3. The van der Waals surface area contributed by atoms with Gasteiger partial charge in [-0.2, -0.15) is 0 Å². The lowest BCUT2D eigenvalue weighted by molar-refractivity contribution is -0.160. The Morgan fingerprint density at radius 3 is 1.85 bits per heavy atom. The van der Waals surface area contributed by atoms with Crippen molar-refractivity contribution >= 4 is 29.5 Å². The SMILES string of the molecule is C=C(C)C(=O)OCC(Cl)C(=O)OC(=O)C(c1ccccc1)c1ccccc1. The van der Waals surface area contributed by atoms with Crippen LogP contribution in [0.3, 0.4) is 0 Å². The van der Waals surface area contributed by atoms with Crippen LogP contribution < -0.4 is 0 Å². The zero-order valence-electron chi connectivity index (χ0n) is 14.8. The summed E-state index contributed by atoms with van der Waals surface area (Å²) >= 11 is 5.89. The zero-order valence-corrected chi connectivity index (χ0v) is 15.5. The van der Waals surface area contributed by atoms with Crippen molar-refractivity contribution in [2.24, 2.45) is 0 Å². The lowest BCUT2D eigenvalue weighted by Crippen LogP contribution is -2.29. The summed E-state index contributed by atoms with van der Waals surface area (Å²) in [5, 5.41) is -1.30. The predicted molar refractivity (Wildman–Crippen MR) is 101 cm³/mol. The van der Waals surface area contributed by atoms with Crippen LogP contribution in [0.15, 0.2) is 72.8 Å². The van der Waals surface area contributed by atoms with Crippen LogP contribution >= 0.6 is 11.6 Å². The van der Waals surface area contributed by atoms with Gasteiger partial charge in [-0.3, -0.25) is 4.79 Å². The number of alkyl halides is 1. The largest absolute Gasteiger partial charge is 0.460 e. The van der Waals surface area contributed by atoms with Crippen molar-refractivity contribution < 1.29 is 23.9 Å². The van der Waals surface area contributed by atoms with Crippen LogP contribution in [0.1, 0.15) is 24.0 Å². The number of halogens is 1. The Labute approximate surface area is 162 Å². The molecule has 0 amide bonds. The molecule has 140 valence electrons. The fraction of sp³-hybridized carbons (Fsp3) is 0.190. The van der Waals surface area contributed by atoms with E-state index in [1.54, 1.807) is 48.5 Å². The predicted octanol–water partition coefficient (Wildman–Crippen LogP) is 3.62. The first-order chi connectivity index (χ1) is 12.9. The van der Waals surface area contributed by atoms with Gasteiger partial charge in [-0.1, -0.05) is 67.2 Å². The molecule has 0 aliphatic rings. The molecule has 0 aliphatic carbocycles. The average Bonchev–Trinajstić information content (AvgIpc) is 2.67. The lowest BCUT2D eigenvalue weighted by Gasteiger charge is -2.17. The molecule has 0 N–H and O–H groups in total. The first kappa shape index (κ1) is 20.4. The summed E-state index contributed by atoms with van der Waals surface area (Å²) in [6.07, 6.45) is 0. The van der Waals surface area contributed by atoms with E-state index in [9.17, 15) is 14.4 Å². The minimum atomic E-state index is -1.30. The van der Waals surface area contributed by atoms with E-state index >= 15 is 0 Å². The molecule has 2 aromatic rings. The van der Waals surface area contributed by atoms with E-state index in [4.69, 9.17) is 21.1 Å². The number of benzene rings is 2. The molecule has 0 bridgehead atoms. The van der Waals surface area contributed by atoms with E-state index in [0.29, 0.717) is 11.1 Å². The van der Waals surface area contributed by atoms with Gasteiger partial charge in [-0.15, -0.1) is 11.6 Å². The number of carbonyl (C=O) groups excluding carboxylic acids is 3. The molecule has 0 aliphatic heterocycles. The van der Waals surface area contributed by atoms with E-state index in [-0.39, 0.29) is 5.57 Å². The summed E-state index contributed by atoms with van der Waals surface area (Å²) in [6, 6.07) is 17.9. The minimum absolute atomic E-state index is 0.177. The minimum Gasteiger partial charge on any atom is -0.460 e. The fourth-order valence-corrected chi connectivity index (χ4v) is 2.43. The van der Waals surface area contributed by atoms with Crippen molar-refractivity contribution in [3.05, 3.63) is 83.9 Å². The molecule has 27 heavy (non-hydrogen) atoms. The van der Waals surface area contributed by atoms with E-state index in [2.05, 4.69) is 6.58 Å². The molecule has 2 aromatic carbocycles. The van der Waals surface area contributed by atoms with E-state index in [1.165, 1.54) is 6.92 Å². The van der Waals surface area contributed by atoms with Crippen molar-refractivity contribution in [3.8, 4) is 0 Å². The Balaban J connectivity index is 2.11. The van der Waals surface area contributed by atoms with E-state index < -0.39 is 35.8 Å². The lowest BCUT2D eigenvalue weighted by atomic mass is 9.91.